The molecule has 3 heterocycles. The molecule has 3 rings (SSSR count). The van der Waals surface area contributed by atoms with Gasteiger partial charge in [0.15, 0.2) is 11.5 Å². The van der Waals surface area contributed by atoms with Gasteiger partial charge in [0, 0.05) is 25.7 Å². The van der Waals surface area contributed by atoms with Gasteiger partial charge >= 0.3 is 0 Å². The van der Waals surface area contributed by atoms with Gasteiger partial charge in [-0.2, -0.15) is 0 Å². The lowest BCUT2D eigenvalue weighted by molar-refractivity contribution is 0.0676. The quantitative estimate of drug-likeness (QED) is 0.859. The number of carbonyl (C=O) groups excluding carboxylic acids is 1. The largest absolute Gasteiger partial charge is 0.352 e. The van der Waals surface area contributed by atoms with Crippen LogP contribution in [-0.2, 0) is 0 Å². The fourth-order valence-electron chi connectivity index (χ4n) is 3.85. The third kappa shape index (κ3) is 3.65. The first-order valence-corrected chi connectivity index (χ1v) is 9.08. The van der Waals surface area contributed by atoms with Crippen LogP contribution in [0.2, 0.25) is 0 Å². The minimum atomic E-state index is 0.0290. The molecule has 23 heavy (non-hydrogen) atoms. The number of carbonyl (C=O) groups is 1. The van der Waals surface area contributed by atoms with Crippen LogP contribution in [0.5, 0.6) is 0 Å². The Balaban J connectivity index is 1.70. The van der Waals surface area contributed by atoms with Crippen LogP contribution in [0.25, 0.3) is 0 Å². The standard InChI is InChI=1S/C18H28N4O/c1-3-15-8-4-5-12-22(15)17-10-9-16(19-20-17)18(23)21-11-6-7-14(2)13-21/h9-10,14-15H,3-8,11-13H2,1-2H3. The van der Waals surface area contributed by atoms with Gasteiger partial charge < -0.3 is 9.80 Å². The van der Waals surface area contributed by atoms with Crippen molar-refractivity contribution < 1.29 is 4.79 Å². The van der Waals surface area contributed by atoms with Crippen molar-refractivity contribution in [3.63, 3.8) is 0 Å². The highest BCUT2D eigenvalue weighted by Crippen LogP contribution is 2.25. The topological polar surface area (TPSA) is 49.3 Å². The molecule has 1 amide bonds. The molecule has 0 saturated carbocycles. The minimum Gasteiger partial charge on any atom is -0.352 e. The van der Waals surface area contributed by atoms with E-state index in [9.17, 15) is 4.79 Å². The molecule has 2 atom stereocenters. The first-order valence-electron chi connectivity index (χ1n) is 9.08. The van der Waals surface area contributed by atoms with E-state index in [4.69, 9.17) is 0 Å². The number of aromatic nitrogens is 2. The Hall–Kier alpha value is -1.65. The smallest absolute Gasteiger partial charge is 0.274 e. The number of piperidine rings is 2. The van der Waals surface area contributed by atoms with Crippen molar-refractivity contribution in [2.75, 3.05) is 24.5 Å². The van der Waals surface area contributed by atoms with Gasteiger partial charge in [-0.15, -0.1) is 10.2 Å². The van der Waals surface area contributed by atoms with Gasteiger partial charge in [0.25, 0.3) is 5.91 Å². The zero-order valence-corrected chi connectivity index (χ0v) is 14.4. The molecule has 0 N–H and O–H groups in total. The second kappa shape index (κ2) is 7.28. The molecular formula is C18H28N4O. The summed E-state index contributed by atoms with van der Waals surface area (Å²) in [5.74, 6) is 1.53. The van der Waals surface area contributed by atoms with Gasteiger partial charge in [-0.05, 0) is 56.6 Å². The zero-order chi connectivity index (χ0) is 16.2. The molecule has 2 unspecified atom stereocenters. The van der Waals surface area contributed by atoms with Crippen molar-refractivity contribution in [1.29, 1.82) is 0 Å². The Morgan fingerprint density at radius 3 is 2.74 bits per heavy atom. The van der Waals surface area contributed by atoms with Crippen molar-refractivity contribution in [3.05, 3.63) is 17.8 Å². The molecule has 0 aromatic carbocycles. The Morgan fingerprint density at radius 1 is 1.17 bits per heavy atom. The predicted molar refractivity (Wildman–Crippen MR) is 91.6 cm³/mol. The number of nitrogens with zero attached hydrogens (tertiary/aromatic N) is 4. The van der Waals surface area contributed by atoms with Gasteiger partial charge in [0.05, 0.1) is 0 Å². The normalized spacial score (nSPS) is 25.5. The number of rotatable bonds is 3. The van der Waals surface area contributed by atoms with Gasteiger partial charge in [-0.25, -0.2) is 0 Å². The molecule has 2 aliphatic heterocycles. The first-order chi connectivity index (χ1) is 11.2. The number of likely N-dealkylation sites (tertiary alicyclic amines) is 1. The number of anilines is 1. The number of hydrogen-bond acceptors (Lipinski definition) is 4. The maximum atomic E-state index is 12.6. The van der Waals surface area contributed by atoms with E-state index in [1.807, 2.05) is 17.0 Å². The maximum Gasteiger partial charge on any atom is 0.274 e. The maximum absolute atomic E-state index is 12.6. The highest BCUT2D eigenvalue weighted by molar-refractivity contribution is 5.92. The van der Waals surface area contributed by atoms with Gasteiger partial charge in [0.1, 0.15) is 0 Å². The van der Waals surface area contributed by atoms with Crippen molar-refractivity contribution in [2.24, 2.45) is 5.92 Å². The Kier molecular flexibility index (Phi) is 5.13. The van der Waals surface area contributed by atoms with Crippen molar-refractivity contribution in [2.45, 2.75) is 58.4 Å². The monoisotopic (exact) mass is 316 g/mol. The fraction of sp³-hybridized carbons (Fsp3) is 0.722. The second-order valence-electron chi connectivity index (χ2n) is 7.03. The van der Waals surface area contributed by atoms with E-state index in [0.717, 1.165) is 38.3 Å². The van der Waals surface area contributed by atoms with Crippen LogP contribution in [0.15, 0.2) is 12.1 Å². The van der Waals surface area contributed by atoms with Crippen LogP contribution in [0, 0.1) is 5.92 Å². The van der Waals surface area contributed by atoms with Crippen molar-refractivity contribution in [1.82, 2.24) is 15.1 Å². The Labute approximate surface area is 139 Å². The molecule has 5 heteroatoms. The molecule has 0 bridgehead atoms. The summed E-state index contributed by atoms with van der Waals surface area (Å²) in [6.07, 6.45) is 7.17. The van der Waals surface area contributed by atoms with E-state index in [2.05, 4.69) is 28.9 Å². The third-order valence-electron chi connectivity index (χ3n) is 5.21. The van der Waals surface area contributed by atoms with Gasteiger partial charge in [0.2, 0.25) is 0 Å². The lowest BCUT2D eigenvalue weighted by atomic mass is 10.00. The summed E-state index contributed by atoms with van der Waals surface area (Å²) in [4.78, 5) is 16.8. The Morgan fingerprint density at radius 2 is 2.04 bits per heavy atom. The third-order valence-corrected chi connectivity index (χ3v) is 5.21. The molecule has 1 aromatic heterocycles. The predicted octanol–water partition coefficient (Wildman–Crippen LogP) is 3.12. The summed E-state index contributed by atoms with van der Waals surface area (Å²) in [7, 11) is 0. The van der Waals surface area contributed by atoms with E-state index >= 15 is 0 Å². The lowest BCUT2D eigenvalue weighted by Crippen LogP contribution is -2.40. The zero-order valence-electron chi connectivity index (χ0n) is 14.4. The minimum absolute atomic E-state index is 0.0290. The van der Waals surface area contributed by atoms with E-state index in [0.29, 0.717) is 17.7 Å². The highest BCUT2D eigenvalue weighted by Gasteiger charge is 2.25. The Bertz CT molecular complexity index is 530. The molecule has 126 valence electrons. The molecule has 2 fully saturated rings. The summed E-state index contributed by atoms with van der Waals surface area (Å²) in [5.41, 5.74) is 0.480. The van der Waals surface area contributed by atoms with Crippen LogP contribution in [0.1, 0.15) is 62.9 Å². The van der Waals surface area contributed by atoms with E-state index < -0.39 is 0 Å². The first kappa shape index (κ1) is 16.2. The van der Waals surface area contributed by atoms with Crippen molar-refractivity contribution in [3.8, 4) is 0 Å². The summed E-state index contributed by atoms with van der Waals surface area (Å²) >= 11 is 0. The molecule has 0 radical (unpaired) electrons. The molecule has 0 aliphatic carbocycles. The SMILES string of the molecule is CCC1CCCCN1c1ccc(C(=O)N2CCCC(C)C2)nn1. The molecule has 5 nitrogen and oxygen atoms in total. The summed E-state index contributed by atoms with van der Waals surface area (Å²) in [5, 5.41) is 8.60. The fourth-order valence-corrected chi connectivity index (χ4v) is 3.85. The lowest BCUT2D eigenvalue weighted by Gasteiger charge is -2.36. The van der Waals surface area contributed by atoms with Crippen LogP contribution < -0.4 is 4.90 Å². The molecule has 2 aliphatic rings. The van der Waals surface area contributed by atoms with Crippen LogP contribution >= 0.6 is 0 Å². The second-order valence-corrected chi connectivity index (χ2v) is 7.03. The van der Waals surface area contributed by atoms with Crippen molar-refractivity contribution >= 4 is 11.7 Å². The van der Waals surface area contributed by atoms with E-state index in [-0.39, 0.29) is 5.91 Å². The van der Waals surface area contributed by atoms with E-state index in [1.54, 1.807) is 0 Å². The van der Waals surface area contributed by atoms with Crippen LogP contribution in [0.3, 0.4) is 0 Å². The van der Waals surface area contributed by atoms with Gasteiger partial charge in [-0.1, -0.05) is 13.8 Å². The summed E-state index contributed by atoms with van der Waals surface area (Å²) < 4.78 is 0. The molecular weight excluding hydrogens is 288 g/mol. The number of hydrogen-bond donors (Lipinski definition) is 0. The van der Waals surface area contributed by atoms with Crippen LogP contribution in [-0.4, -0.2) is 46.7 Å². The average Bonchev–Trinajstić information content (AvgIpc) is 2.61. The highest BCUT2D eigenvalue weighted by atomic mass is 16.2. The average molecular weight is 316 g/mol. The summed E-state index contributed by atoms with van der Waals surface area (Å²) in [6, 6.07) is 4.38. The van der Waals surface area contributed by atoms with Gasteiger partial charge in [-0.3, -0.25) is 4.79 Å². The summed E-state index contributed by atoms with van der Waals surface area (Å²) in [6.45, 7) is 7.16. The number of amides is 1. The molecule has 0 spiro atoms. The molecule has 1 aromatic rings. The molecule has 2 saturated heterocycles. The van der Waals surface area contributed by atoms with E-state index in [1.165, 1.54) is 25.7 Å². The van der Waals surface area contributed by atoms with Crippen LogP contribution in [0.4, 0.5) is 5.82 Å².